The van der Waals surface area contributed by atoms with Gasteiger partial charge in [0.2, 0.25) is 5.91 Å². The van der Waals surface area contributed by atoms with E-state index in [1.54, 1.807) is 48.2 Å². The third kappa shape index (κ3) is 4.34. The van der Waals surface area contributed by atoms with Crippen molar-refractivity contribution in [3.05, 3.63) is 65.2 Å². The fraction of sp³-hybridized carbons (Fsp3) is 0.333. The SMILES string of the molecule is CCN(CC)C(=O)c1ccc(NC(=O)CN2C(=O)NC(C)(c3ccccc3C)C2=O)cc1. The van der Waals surface area contributed by atoms with E-state index in [1.165, 1.54) is 0 Å². The van der Waals surface area contributed by atoms with Crippen LogP contribution in [0.15, 0.2) is 48.5 Å². The number of imide groups is 1. The minimum atomic E-state index is -1.23. The molecule has 32 heavy (non-hydrogen) atoms. The van der Waals surface area contributed by atoms with Gasteiger partial charge in [-0.15, -0.1) is 0 Å². The average molecular weight is 437 g/mol. The second-order valence-corrected chi connectivity index (χ2v) is 7.86. The molecule has 2 N–H and O–H groups in total. The Morgan fingerprint density at radius 2 is 1.66 bits per heavy atom. The van der Waals surface area contributed by atoms with Crippen LogP contribution in [0.2, 0.25) is 0 Å². The highest BCUT2D eigenvalue weighted by atomic mass is 16.2. The lowest BCUT2D eigenvalue weighted by Gasteiger charge is -2.24. The van der Waals surface area contributed by atoms with Gasteiger partial charge in [0, 0.05) is 24.3 Å². The number of urea groups is 1. The predicted molar refractivity (Wildman–Crippen MR) is 121 cm³/mol. The summed E-state index contributed by atoms with van der Waals surface area (Å²) in [6, 6.07) is 13.2. The second-order valence-electron chi connectivity index (χ2n) is 7.86. The third-order valence-corrected chi connectivity index (χ3v) is 5.73. The molecular formula is C24H28N4O4. The van der Waals surface area contributed by atoms with Gasteiger partial charge >= 0.3 is 6.03 Å². The number of hydrogen-bond donors (Lipinski definition) is 2. The van der Waals surface area contributed by atoms with E-state index < -0.39 is 29.9 Å². The maximum absolute atomic E-state index is 13.0. The molecule has 2 aromatic carbocycles. The van der Waals surface area contributed by atoms with Gasteiger partial charge in [-0.2, -0.15) is 0 Å². The Balaban J connectivity index is 1.67. The molecule has 0 aromatic heterocycles. The van der Waals surface area contributed by atoms with Gasteiger partial charge in [0.05, 0.1) is 0 Å². The zero-order valence-corrected chi connectivity index (χ0v) is 18.8. The molecule has 1 fully saturated rings. The van der Waals surface area contributed by atoms with Crippen molar-refractivity contribution in [2.45, 2.75) is 33.2 Å². The van der Waals surface area contributed by atoms with Crippen LogP contribution in [-0.2, 0) is 15.1 Å². The van der Waals surface area contributed by atoms with Crippen molar-refractivity contribution in [2.75, 3.05) is 25.0 Å². The van der Waals surface area contributed by atoms with E-state index in [0.29, 0.717) is 29.9 Å². The highest BCUT2D eigenvalue weighted by Gasteiger charge is 2.50. The topological polar surface area (TPSA) is 98.8 Å². The molecule has 2 aromatic rings. The second kappa shape index (κ2) is 9.21. The average Bonchev–Trinajstić information content (AvgIpc) is 2.99. The minimum Gasteiger partial charge on any atom is -0.339 e. The molecule has 1 aliphatic rings. The molecule has 168 valence electrons. The molecule has 0 spiro atoms. The number of benzene rings is 2. The van der Waals surface area contributed by atoms with Gasteiger partial charge < -0.3 is 15.5 Å². The summed E-state index contributed by atoms with van der Waals surface area (Å²) in [7, 11) is 0. The minimum absolute atomic E-state index is 0.0808. The van der Waals surface area contributed by atoms with E-state index >= 15 is 0 Å². The van der Waals surface area contributed by atoms with Crippen LogP contribution >= 0.6 is 0 Å². The Morgan fingerprint density at radius 1 is 1.03 bits per heavy atom. The number of hydrogen-bond acceptors (Lipinski definition) is 4. The molecule has 1 saturated heterocycles. The summed E-state index contributed by atoms with van der Waals surface area (Å²) in [6.07, 6.45) is 0. The number of nitrogens with zero attached hydrogens (tertiary/aromatic N) is 2. The van der Waals surface area contributed by atoms with Crippen molar-refractivity contribution in [3.63, 3.8) is 0 Å². The van der Waals surface area contributed by atoms with Gasteiger partial charge in [0.1, 0.15) is 12.1 Å². The Labute approximate surface area is 187 Å². The van der Waals surface area contributed by atoms with E-state index in [-0.39, 0.29) is 5.91 Å². The predicted octanol–water partition coefficient (Wildman–Crippen LogP) is 2.88. The van der Waals surface area contributed by atoms with Crippen molar-refractivity contribution in [3.8, 4) is 0 Å². The lowest BCUT2D eigenvalue weighted by molar-refractivity contribution is -0.133. The van der Waals surface area contributed by atoms with Crippen LogP contribution in [0.4, 0.5) is 10.5 Å². The van der Waals surface area contributed by atoms with Crippen LogP contribution in [0.5, 0.6) is 0 Å². The van der Waals surface area contributed by atoms with Crippen molar-refractivity contribution >= 4 is 29.4 Å². The summed E-state index contributed by atoms with van der Waals surface area (Å²) >= 11 is 0. The molecular weight excluding hydrogens is 408 g/mol. The van der Waals surface area contributed by atoms with Gasteiger partial charge in [0.15, 0.2) is 0 Å². The Hall–Kier alpha value is -3.68. The summed E-state index contributed by atoms with van der Waals surface area (Å²) < 4.78 is 0. The summed E-state index contributed by atoms with van der Waals surface area (Å²) in [5.41, 5.74) is 1.33. The maximum atomic E-state index is 13.0. The van der Waals surface area contributed by atoms with Gasteiger partial charge in [-0.1, -0.05) is 24.3 Å². The first kappa shape index (κ1) is 23.0. The number of nitrogens with one attached hydrogen (secondary N) is 2. The summed E-state index contributed by atoms with van der Waals surface area (Å²) in [5.74, 6) is -1.07. The Morgan fingerprint density at radius 3 is 2.25 bits per heavy atom. The fourth-order valence-corrected chi connectivity index (χ4v) is 3.89. The third-order valence-electron chi connectivity index (χ3n) is 5.73. The molecule has 8 nitrogen and oxygen atoms in total. The molecule has 0 saturated carbocycles. The molecule has 0 radical (unpaired) electrons. The number of carbonyl (C=O) groups excluding carboxylic acids is 4. The van der Waals surface area contributed by atoms with Crippen molar-refractivity contribution in [1.82, 2.24) is 15.1 Å². The monoisotopic (exact) mass is 436 g/mol. The van der Waals surface area contributed by atoms with Crippen LogP contribution in [0.25, 0.3) is 0 Å². The molecule has 8 heteroatoms. The largest absolute Gasteiger partial charge is 0.339 e. The lowest BCUT2D eigenvalue weighted by Crippen LogP contribution is -2.42. The zero-order chi connectivity index (χ0) is 23.5. The molecule has 1 unspecified atom stereocenters. The smallest absolute Gasteiger partial charge is 0.325 e. The van der Waals surface area contributed by atoms with E-state index in [1.807, 2.05) is 32.9 Å². The van der Waals surface area contributed by atoms with Crippen molar-refractivity contribution < 1.29 is 19.2 Å². The highest BCUT2D eigenvalue weighted by Crippen LogP contribution is 2.30. The number of aryl methyl sites for hydroxylation is 1. The molecule has 1 heterocycles. The fourth-order valence-electron chi connectivity index (χ4n) is 3.89. The van der Waals surface area contributed by atoms with Gasteiger partial charge in [-0.25, -0.2) is 4.79 Å². The zero-order valence-electron chi connectivity index (χ0n) is 18.8. The van der Waals surface area contributed by atoms with Gasteiger partial charge in [-0.05, 0) is 63.1 Å². The van der Waals surface area contributed by atoms with Crippen molar-refractivity contribution in [1.29, 1.82) is 0 Å². The lowest BCUT2D eigenvalue weighted by atomic mass is 9.88. The Kier molecular flexibility index (Phi) is 6.62. The molecule has 0 aliphatic carbocycles. The molecule has 1 atom stereocenters. The normalized spacial score (nSPS) is 17.8. The van der Waals surface area contributed by atoms with Gasteiger partial charge in [-0.3, -0.25) is 19.3 Å². The van der Waals surface area contributed by atoms with E-state index in [9.17, 15) is 19.2 Å². The highest BCUT2D eigenvalue weighted by molar-refractivity contribution is 6.10. The summed E-state index contributed by atoms with van der Waals surface area (Å²) in [6.45, 7) is 8.14. The van der Waals surface area contributed by atoms with Gasteiger partial charge in [0.25, 0.3) is 11.8 Å². The number of carbonyl (C=O) groups is 4. The first-order chi connectivity index (χ1) is 15.2. The van der Waals surface area contributed by atoms with E-state index in [2.05, 4.69) is 10.6 Å². The maximum Gasteiger partial charge on any atom is 0.325 e. The molecule has 3 rings (SSSR count). The summed E-state index contributed by atoms with van der Waals surface area (Å²) in [4.78, 5) is 53.1. The van der Waals surface area contributed by atoms with E-state index in [0.717, 1.165) is 10.5 Å². The summed E-state index contributed by atoms with van der Waals surface area (Å²) in [5, 5.41) is 5.39. The van der Waals surface area contributed by atoms with Crippen LogP contribution in [0, 0.1) is 6.92 Å². The van der Waals surface area contributed by atoms with Crippen LogP contribution in [0.1, 0.15) is 42.3 Å². The number of amides is 5. The Bertz CT molecular complexity index is 1050. The molecule has 1 aliphatic heterocycles. The van der Waals surface area contributed by atoms with Crippen LogP contribution in [-0.4, -0.2) is 53.2 Å². The molecule has 0 bridgehead atoms. The van der Waals surface area contributed by atoms with Crippen molar-refractivity contribution in [2.24, 2.45) is 0 Å². The number of rotatable bonds is 7. The standard InChI is InChI=1S/C24H28N4O4/c1-5-27(6-2)21(30)17-11-13-18(14-12-17)25-20(29)15-28-22(31)24(4,26-23(28)32)19-10-8-7-9-16(19)3/h7-14H,5-6,15H2,1-4H3,(H,25,29)(H,26,32). The van der Waals surface area contributed by atoms with Crippen LogP contribution < -0.4 is 10.6 Å². The van der Waals surface area contributed by atoms with E-state index in [4.69, 9.17) is 0 Å². The quantitative estimate of drug-likeness (QED) is 0.652. The number of anilines is 1. The van der Waals surface area contributed by atoms with Crippen LogP contribution in [0.3, 0.4) is 0 Å². The molecule has 5 amide bonds. The first-order valence-electron chi connectivity index (χ1n) is 10.6. The first-order valence-corrected chi connectivity index (χ1v) is 10.6.